The fourth-order valence-electron chi connectivity index (χ4n) is 1.37. The summed E-state index contributed by atoms with van der Waals surface area (Å²) in [7, 11) is 0. The molecule has 0 radical (unpaired) electrons. The maximum absolute atomic E-state index is 10.8. The first-order valence-electron chi connectivity index (χ1n) is 5.00. The molecule has 1 aromatic rings. The van der Waals surface area contributed by atoms with Crippen LogP contribution in [0, 0.1) is 0 Å². The number of nitrogens with zero attached hydrogens (tertiary/aromatic N) is 1. The lowest BCUT2D eigenvalue weighted by molar-refractivity contribution is -0.115. The molecule has 0 atom stereocenters. The van der Waals surface area contributed by atoms with Crippen molar-refractivity contribution in [1.29, 1.82) is 0 Å². The van der Waals surface area contributed by atoms with Gasteiger partial charge in [0.1, 0.15) is 5.75 Å². The van der Waals surface area contributed by atoms with E-state index in [2.05, 4.69) is 10.3 Å². The van der Waals surface area contributed by atoms with E-state index in [1.807, 2.05) is 12.1 Å². The molecule has 1 aliphatic rings. The summed E-state index contributed by atoms with van der Waals surface area (Å²) in [6.07, 6.45) is 0.841. The summed E-state index contributed by atoms with van der Waals surface area (Å²) in [6, 6.07) is 7.10. The number of hydrogen-bond acceptors (Lipinski definition) is 4. The van der Waals surface area contributed by atoms with Crippen molar-refractivity contribution in [3.63, 3.8) is 0 Å². The van der Waals surface area contributed by atoms with E-state index in [-0.39, 0.29) is 11.7 Å². The number of carbonyl (C=O) groups excluding carboxylic acids is 1. The molecule has 1 heterocycles. The van der Waals surface area contributed by atoms with E-state index in [1.54, 1.807) is 12.1 Å². The van der Waals surface area contributed by atoms with Gasteiger partial charge in [-0.2, -0.15) is 4.99 Å². The third-order valence-electron chi connectivity index (χ3n) is 2.18. The van der Waals surface area contributed by atoms with E-state index in [9.17, 15) is 4.79 Å². The molecular weight excluding hydrogens is 224 g/mol. The van der Waals surface area contributed by atoms with Gasteiger partial charge in [0.15, 0.2) is 5.17 Å². The summed E-state index contributed by atoms with van der Waals surface area (Å²) in [5.74, 6) is 0.650. The number of nitrogens with one attached hydrogen (secondary N) is 1. The van der Waals surface area contributed by atoms with Crippen LogP contribution in [0.1, 0.15) is 5.56 Å². The van der Waals surface area contributed by atoms with Gasteiger partial charge in [0.25, 0.3) is 5.91 Å². The standard InChI is InChI=1S/C11H12N2O2S/c14-9-3-1-8(2-4-9)5-6-12-11-13-10(15)7-16-11/h1-4,14H,5-7H2,(H,12,13,15). The zero-order valence-corrected chi connectivity index (χ0v) is 9.46. The number of aromatic hydroxyl groups is 1. The van der Waals surface area contributed by atoms with E-state index in [4.69, 9.17) is 5.11 Å². The Balaban J connectivity index is 1.78. The van der Waals surface area contributed by atoms with Gasteiger partial charge in [-0.15, -0.1) is 0 Å². The zero-order valence-electron chi connectivity index (χ0n) is 8.64. The number of phenols is 1. The summed E-state index contributed by atoms with van der Waals surface area (Å²) in [6.45, 7) is 0.740. The van der Waals surface area contributed by atoms with E-state index < -0.39 is 0 Å². The van der Waals surface area contributed by atoms with Crippen LogP contribution in [0.3, 0.4) is 0 Å². The SMILES string of the molecule is O=C1CSC(NCCc2ccc(O)cc2)=N1. The number of phenolic OH excluding ortho intramolecular Hbond substituents is 1. The maximum atomic E-state index is 10.8. The van der Waals surface area contributed by atoms with Crippen LogP contribution in [0.15, 0.2) is 29.3 Å². The minimum atomic E-state index is -0.0721. The topological polar surface area (TPSA) is 61.7 Å². The number of thioether (sulfide) groups is 1. The Hall–Kier alpha value is -1.49. The van der Waals surface area contributed by atoms with Crippen LogP contribution in [0.4, 0.5) is 0 Å². The number of aliphatic imine (C=N–C) groups is 1. The Morgan fingerprint density at radius 3 is 2.75 bits per heavy atom. The third-order valence-corrected chi connectivity index (χ3v) is 3.09. The quantitative estimate of drug-likeness (QED) is 0.826. The van der Waals surface area contributed by atoms with Crippen LogP contribution >= 0.6 is 11.8 Å². The smallest absolute Gasteiger partial charge is 0.258 e. The first kappa shape index (κ1) is 11.0. The van der Waals surface area contributed by atoms with E-state index in [1.165, 1.54) is 11.8 Å². The molecule has 1 aromatic carbocycles. The number of carbonyl (C=O) groups is 1. The molecule has 16 heavy (non-hydrogen) atoms. The van der Waals surface area contributed by atoms with Crippen LogP contribution in [0.25, 0.3) is 0 Å². The summed E-state index contributed by atoms with van der Waals surface area (Å²) < 4.78 is 0. The fraction of sp³-hybridized carbons (Fsp3) is 0.273. The lowest BCUT2D eigenvalue weighted by atomic mass is 10.1. The van der Waals surface area contributed by atoms with Gasteiger partial charge < -0.3 is 10.4 Å². The van der Waals surface area contributed by atoms with Gasteiger partial charge >= 0.3 is 0 Å². The lowest BCUT2D eigenvalue weighted by Gasteiger charge is -2.04. The average Bonchev–Trinajstić information content (AvgIpc) is 2.67. The average molecular weight is 236 g/mol. The van der Waals surface area contributed by atoms with Crippen LogP contribution in [0.2, 0.25) is 0 Å². The molecule has 0 saturated heterocycles. The van der Waals surface area contributed by atoms with Gasteiger partial charge in [0.05, 0.1) is 5.75 Å². The van der Waals surface area contributed by atoms with Crippen molar-refractivity contribution < 1.29 is 9.90 Å². The highest BCUT2D eigenvalue weighted by Crippen LogP contribution is 2.12. The first-order valence-corrected chi connectivity index (χ1v) is 5.99. The molecule has 4 nitrogen and oxygen atoms in total. The second-order valence-electron chi connectivity index (χ2n) is 3.44. The van der Waals surface area contributed by atoms with Gasteiger partial charge in [-0.1, -0.05) is 23.9 Å². The Bertz CT molecular complexity index is 414. The van der Waals surface area contributed by atoms with Crippen LogP contribution < -0.4 is 5.32 Å². The van der Waals surface area contributed by atoms with Gasteiger partial charge in [0.2, 0.25) is 0 Å². The van der Waals surface area contributed by atoms with Gasteiger partial charge in [-0.25, -0.2) is 0 Å². The number of amidine groups is 1. The predicted molar refractivity (Wildman–Crippen MR) is 64.7 cm³/mol. The number of benzene rings is 1. The van der Waals surface area contributed by atoms with Crippen molar-refractivity contribution in [2.24, 2.45) is 4.99 Å². The fourth-order valence-corrected chi connectivity index (χ4v) is 2.07. The monoisotopic (exact) mass is 236 g/mol. The minimum Gasteiger partial charge on any atom is -0.508 e. The summed E-state index contributed by atoms with van der Waals surface area (Å²) in [5.41, 5.74) is 1.14. The van der Waals surface area contributed by atoms with Crippen LogP contribution in [0.5, 0.6) is 5.75 Å². The van der Waals surface area contributed by atoms with E-state index in [0.29, 0.717) is 10.9 Å². The Morgan fingerprint density at radius 1 is 1.38 bits per heavy atom. The molecule has 84 valence electrons. The Morgan fingerprint density at radius 2 is 2.12 bits per heavy atom. The van der Waals surface area contributed by atoms with Gasteiger partial charge in [-0.05, 0) is 24.1 Å². The molecule has 0 aromatic heterocycles. The molecule has 0 unspecified atom stereocenters. The molecule has 0 aliphatic carbocycles. The molecular formula is C11H12N2O2S. The molecule has 0 bridgehead atoms. The normalized spacial score (nSPS) is 15.0. The maximum Gasteiger partial charge on any atom is 0.258 e. The lowest BCUT2D eigenvalue weighted by Crippen LogP contribution is -2.21. The Labute approximate surface area is 97.8 Å². The molecule has 0 saturated carbocycles. The van der Waals surface area contributed by atoms with Gasteiger partial charge in [0, 0.05) is 6.54 Å². The number of rotatable bonds is 3. The second-order valence-corrected chi connectivity index (χ2v) is 4.41. The number of hydrogen-bond donors (Lipinski definition) is 2. The highest BCUT2D eigenvalue weighted by molar-refractivity contribution is 8.14. The molecule has 0 spiro atoms. The highest BCUT2D eigenvalue weighted by atomic mass is 32.2. The molecule has 2 rings (SSSR count). The Kier molecular flexibility index (Phi) is 3.46. The van der Waals surface area contributed by atoms with Crippen molar-refractivity contribution in [3.05, 3.63) is 29.8 Å². The van der Waals surface area contributed by atoms with Gasteiger partial charge in [-0.3, -0.25) is 4.79 Å². The molecule has 2 N–H and O–H groups in total. The van der Waals surface area contributed by atoms with Crippen molar-refractivity contribution in [2.45, 2.75) is 6.42 Å². The molecule has 1 amide bonds. The first-order chi connectivity index (χ1) is 7.74. The van der Waals surface area contributed by atoms with Crippen molar-refractivity contribution in [1.82, 2.24) is 5.32 Å². The summed E-state index contributed by atoms with van der Waals surface area (Å²) in [5, 5.41) is 12.9. The second kappa shape index (κ2) is 5.03. The van der Waals surface area contributed by atoms with Crippen molar-refractivity contribution >= 4 is 22.8 Å². The largest absolute Gasteiger partial charge is 0.508 e. The molecule has 1 aliphatic heterocycles. The van der Waals surface area contributed by atoms with Crippen LogP contribution in [-0.2, 0) is 11.2 Å². The highest BCUT2D eigenvalue weighted by Gasteiger charge is 2.13. The van der Waals surface area contributed by atoms with E-state index >= 15 is 0 Å². The molecule has 5 heteroatoms. The summed E-state index contributed by atoms with van der Waals surface area (Å²) >= 11 is 1.44. The predicted octanol–water partition coefficient (Wildman–Crippen LogP) is 1.15. The van der Waals surface area contributed by atoms with Crippen LogP contribution in [-0.4, -0.2) is 28.5 Å². The van der Waals surface area contributed by atoms with Crippen molar-refractivity contribution in [2.75, 3.05) is 12.3 Å². The third kappa shape index (κ3) is 3.00. The number of amides is 1. The zero-order chi connectivity index (χ0) is 11.4. The summed E-state index contributed by atoms with van der Waals surface area (Å²) in [4.78, 5) is 14.7. The minimum absolute atomic E-state index is 0.0721. The van der Waals surface area contributed by atoms with E-state index in [0.717, 1.165) is 18.5 Å². The van der Waals surface area contributed by atoms with Crippen molar-refractivity contribution in [3.8, 4) is 5.75 Å². The molecule has 0 fully saturated rings.